The number of aryl methyl sites for hydroxylation is 2. The number of nitrogens with zero attached hydrogens (tertiary/aromatic N) is 3. The number of hydrogen-bond acceptors (Lipinski definition) is 4. The molecule has 1 aliphatic heterocycles. The molecule has 1 atom stereocenters. The van der Waals surface area contributed by atoms with Crippen molar-refractivity contribution in [1.29, 1.82) is 0 Å². The predicted octanol–water partition coefficient (Wildman–Crippen LogP) is 2.50. The molecule has 1 aliphatic rings. The van der Waals surface area contributed by atoms with Crippen molar-refractivity contribution < 1.29 is 9.53 Å². The van der Waals surface area contributed by atoms with Gasteiger partial charge in [0.1, 0.15) is 6.10 Å². The molecule has 1 aromatic heterocycles. The fourth-order valence-electron chi connectivity index (χ4n) is 2.97. The molecule has 6 heteroatoms. The summed E-state index contributed by atoms with van der Waals surface area (Å²) in [6.07, 6.45) is 1.57. The molecule has 0 spiro atoms. The minimum atomic E-state index is -0.0546. The Hall–Kier alpha value is -2.63. The van der Waals surface area contributed by atoms with Crippen LogP contribution in [0, 0.1) is 13.8 Å². The van der Waals surface area contributed by atoms with Gasteiger partial charge < -0.3 is 15.0 Å². The fraction of sp³-hybridized carbons (Fsp3) is 0.421. The molecule has 0 bridgehead atoms. The van der Waals surface area contributed by atoms with Crippen LogP contribution in [0.25, 0.3) is 0 Å². The Labute approximate surface area is 148 Å². The van der Waals surface area contributed by atoms with E-state index in [0.29, 0.717) is 25.6 Å². The Balaban J connectivity index is 1.44. The van der Waals surface area contributed by atoms with Crippen LogP contribution in [0.5, 0.6) is 6.01 Å². The van der Waals surface area contributed by atoms with E-state index in [4.69, 9.17) is 4.74 Å². The van der Waals surface area contributed by atoms with E-state index >= 15 is 0 Å². The molecule has 1 saturated heterocycles. The molecule has 0 radical (unpaired) electrons. The second kappa shape index (κ2) is 7.96. The highest BCUT2D eigenvalue weighted by molar-refractivity contribution is 5.74. The molecule has 1 aromatic carbocycles. The molecular formula is C19H24N4O2. The van der Waals surface area contributed by atoms with Crippen molar-refractivity contribution >= 4 is 6.03 Å². The van der Waals surface area contributed by atoms with Crippen LogP contribution in [-0.2, 0) is 6.42 Å². The number of likely N-dealkylation sites (tertiary alicyclic amines) is 1. The third kappa shape index (κ3) is 4.92. The van der Waals surface area contributed by atoms with Crippen LogP contribution < -0.4 is 10.1 Å². The third-order valence-electron chi connectivity index (χ3n) is 4.20. The highest BCUT2D eigenvalue weighted by atomic mass is 16.5. The van der Waals surface area contributed by atoms with Gasteiger partial charge >= 0.3 is 12.0 Å². The van der Waals surface area contributed by atoms with Crippen molar-refractivity contribution in [3.63, 3.8) is 0 Å². The Morgan fingerprint density at radius 2 is 1.96 bits per heavy atom. The highest BCUT2D eigenvalue weighted by Gasteiger charge is 2.28. The normalized spacial score (nSPS) is 16.7. The highest BCUT2D eigenvalue weighted by Crippen LogP contribution is 2.16. The largest absolute Gasteiger partial charge is 0.458 e. The number of benzene rings is 1. The average molecular weight is 340 g/mol. The minimum Gasteiger partial charge on any atom is -0.458 e. The summed E-state index contributed by atoms with van der Waals surface area (Å²) in [5, 5.41) is 2.98. The van der Waals surface area contributed by atoms with Crippen molar-refractivity contribution in [3.05, 3.63) is 53.3 Å². The second-order valence-corrected chi connectivity index (χ2v) is 6.38. The molecule has 0 unspecified atom stereocenters. The van der Waals surface area contributed by atoms with E-state index in [0.717, 1.165) is 24.2 Å². The van der Waals surface area contributed by atoms with Crippen LogP contribution in [0.1, 0.15) is 23.4 Å². The summed E-state index contributed by atoms with van der Waals surface area (Å²) < 4.78 is 5.85. The lowest BCUT2D eigenvalue weighted by atomic mass is 10.1. The number of rotatable bonds is 5. The average Bonchev–Trinajstić information content (AvgIpc) is 3.03. The molecule has 3 rings (SSSR count). The summed E-state index contributed by atoms with van der Waals surface area (Å²) in [4.78, 5) is 22.7. The molecule has 6 nitrogen and oxygen atoms in total. The van der Waals surface area contributed by atoms with Gasteiger partial charge in [0.25, 0.3) is 0 Å². The lowest BCUT2D eigenvalue weighted by Crippen LogP contribution is -2.40. The van der Waals surface area contributed by atoms with Crippen LogP contribution in [-0.4, -0.2) is 46.6 Å². The molecule has 1 N–H and O–H groups in total. The zero-order valence-corrected chi connectivity index (χ0v) is 14.7. The first-order valence-electron chi connectivity index (χ1n) is 8.66. The van der Waals surface area contributed by atoms with Crippen molar-refractivity contribution in [1.82, 2.24) is 20.2 Å². The molecule has 2 aromatic rings. The summed E-state index contributed by atoms with van der Waals surface area (Å²) in [5.41, 5.74) is 2.99. The molecule has 2 amide bonds. The monoisotopic (exact) mass is 340 g/mol. The molecule has 132 valence electrons. The lowest BCUT2D eigenvalue weighted by Gasteiger charge is -2.17. The molecule has 25 heavy (non-hydrogen) atoms. The fourth-order valence-corrected chi connectivity index (χ4v) is 2.97. The number of amides is 2. The van der Waals surface area contributed by atoms with Crippen molar-refractivity contribution in [2.24, 2.45) is 0 Å². The first-order valence-corrected chi connectivity index (χ1v) is 8.66. The van der Waals surface area contributed by atoms with E-state index in [1.165, 1.54) is 5.56 Å². The van der Waals surface area contributed by atoms with Gasteiger partial charge in [-0.3, -0.25) is 0 Å². The van der Waals surface area contributed by atoms with Gasteiger partial charge in [0.15, 0.2) is 0 Å². The van der Waals surface area contributed by atoms with Crippen LogP contribution in [0.2, 0.25) is 0 Å². The first-order chi connectivity index (χ1) is 12.1. The zero-order chi connectivity index (χ0) is 17.6. The number of carbonyl (C=O) groups is 1. The minimum absolute atomic E-state index is 0.0385. The van der Waals surface area contributed by atoms with E-state index in [1.54, 1.807) is 4.90 Å². The lowest BCUT2D eigenvalue weighted by molar-refractivity contribution is 0.178. The van der Waals surface area contributed by atoms with Crippen molar-refractivity contribution in [3.8, 4) is 6.01 Å². The number of nitrogens with one attached hydrogen (secondary N) is 1. The molecule has 0 saturated carbocycles. The molecule has 2 heterocycles. The van der Waals surface area contributed by atoms with Crippen molar-refractivity contribution in [2.45, 2.75) is 32.8 Å². The van der Waals surface area contributed by atoms with E-state index < -0.39 is 0 Å². The first kappa shape index (κ1) is 17.2. The number of urea groups is 1. The molecule has 0 aliphatic carbocycles. The number of carbonyl (C=O) groups excluding carboxylic acids is 1. The van der Waals surface area contributed by atoms with Gasteiger partial charge in [0.05, 0.1) is 6.54 Å². The Morgan fingerprint density at radius 3 is 2.68 bits per heavy atom. The van der Waals surface area contributed by atoms with E-state index in [1.807, 2.05) is 38.1 Å². The maximum Gasteiger partial charge on any atom is 0.317 e. The molecule has 1 fully saturated rings. The zero-order valence-electron chi connectivity index (χ0n) is 14.7. The van der Waals surface area contributed by atoms with Gasteiger partial charge in [-0.05, 0) is 31.9 Å². The maximum atomic E-state index is 12.3. The summed E-state index contributed by atoms with van der Waals surface area (Å²) in [6.45, 7) is 5.72. The third-order valence-corrected chi connectivity index (χ3v) is 4.20. The number of ether oxygens (including phenoxy) is 1. The Kier molecular flexibility index (Phi) is 5.48. The second-order valence-electron chi connectivity index (χ2n) is 6.38. The van der Waals surface area contributed by atoms with Crippen LogP contribution >= 0.6 is 0 Å². The van der Waals surface area contributed by atoms with E-state index in [-0.39, 0.29) is 12.1 Å². The van der Waals surface area contributed by atoms with Gasteiger partial charge in [-0.1, -0.05) is 30.3 Å². The topological polar surface area (TPSA) is 67.3 Å². The number of aromatic nitrogens is 2. The van der Waals surface area contributed by atoms with Gasteiger partial charge in [0.2, 0.25) is 0 Å². The standard InChI is InChI=1S/C19H24N4O2/c1-14-12-15(2)22-18(21-14)25-17-9-11-23(13-17)19(24)20-10-8-16-6-4-3-5-7-16/h3-7,12,17H,8-11,13H2,1-2H3,(H,20,24)/t17-/m0/s1. The van der Waals surface area contributed by atoms with E-state index in [2.05, 4.69) is 27.4 Å². The van der Waals surface area contributed by atoms with Gasteiger partial charge in [0, 0.05) is 30.9 Å². The van der Waals surface area contributed by atoms with E-state index in [9.17, 15) is 4.79 Å². The van der Waals surface area contributed by atoms with Gasteiger partial charge in [-0.25, -0.2) is 14.8 Å². The summed E-state index contributed by atoms with van der Waals surface area (Å²) >= 11 is 0. The van der Waals surface area contributed by atoms with Gasteiger partial charge in [-0.2, -0.15) is 0 Å². The SMILES string of the molecule is Cc1cc(C)nc(O[C@H]2CCN(C(=O)NCCc3ccccc3)C2)n1. The quantitative estimate of drug-likeness (QED) is 0.908. The maximum absolute atomic E-state index is 12.3. The predicted molar refractivity (Wildman–Crippen MR) is 95.7 cm³/mol. The Morgan fingerprint density at radius 1 is 1.24 bits per heavy atom. The number of hydrogen-bond donors (Lipinski definition) is 1. The van der Waals surface area contributed by atoms with Crippen molar-refractivity contribution in [2.75, 3.05) is 19.6 Å². The van der Waals surface area contributed by atoms with Crippen LogP contribution in [0.4, 0.5) is 4.79 Å². The summed E-state index contributed by atoms with van der Waals surface area (Å²) in [7, 11) is 0. The van der Waals surface area contributed by atoms with Gasteiger partial charge in [-0.15, -0.1) is 0 Å². The summed E-state index contributed by atoms with van der Waals surface area (Å²) in [6, 6.07) is 12.4. The molecular weight excluding hydrogens is 316 g/mol. The smallest absolute Gasteiger partial charge is 0.317 e. The Bertz CT molecular complexity index is 700. The van der Waals surface area contributed by atoms with Crippen LogP contribution in [0.15, 0.2) is 36.4 Å². The van der Waals surface area contributed by atoms with Crippen LogP contribution in [0.3, 0.4) is 0 Å². The summed E-state index contributed by atoms with van der Waals surface area (Å²) in [5.74, 6) is 0.